The summed E-state index contributed by atoms with van der Waals surface area (Å²) in [6, 6.07) is 0. The molecule has 0 nitrogen and oxygen atoms in total. The predicted octanol–water partition coefficient (Wildman–Crippen LogP) is 2.65. The Kier molecular flexibility index (Phi) is 1.26. The molecule has 0 spiro atoms. The minimum Gasteiger partial charge on any atom is -0.0556 e. The summed E-state index contributed by atoms with van der Waals surface area (Å²) >= 11 is 0. The van der Waals surface area contributed by atoms with Crippen molar-refractivity contribution < 1.29 is 0 Å². The molecule has 1 saturated carbocycles. The van der Waals surface area contributed by atoms with Crippen molar-refractivity contribution in [3.63, 3.8) is 0 Å². The molecule has 0 aromatic rings. The zero-order valence-electron chi connectivity index (χ0n) is 5.91. The lowest BCUT2D eigenvalue weighted by molar-refractivity contribution is 0.313. The van der Waals surface area contributed by atoms with Crippen molar-refractivity contribution in [2.24, 2.45) is 11.3 Å². The highest BCUT2D eigenvalue weighted by Gasteiger charge is 2.38. The number of hydrogen-bond donors (Lipinski definition) is 0. The van der Waals surface area contributed by atoms with Gasteiger partial charge in [0.1, 0.15) is 0 Å². The van der Waals surface area contributed by atoms with Crippen LogP contribution in [-0.4, -0.2) is 0 Å². The number of hydrogen-bond acceptors (Lipinski definition) is 0. The van der Waals surface area contributed by atoms with E-state index in [2.05, 4.69) is 20.8 Å². The summed E-state index contributed by atoms with van der Waals surface area (Å²) in [6.07, 6.45) is 3.99. The Morgan fingerprint density at radius 1 is 1.50 bits per heavy atom. The first-order valence-electron chi connectivity index (χ1n) is 3.46. The van der Waals surface area contributed by atoms with Gasteiger partial charge < -0.3 is 0 Å². The molecule has 0 amide bonds. The zero-order chi connectivity index (χ0) is 6.20. The van der Waals surface area contributed by atoms with E-state index >= 15 is 0 Å². The van der Waals surface area contributed by atoms with Crippen LogP contribution in [0.15, 0.2) is 0 Å². The Morgan fingerprint density at radius 2 is 2.00 bits per heavy atom. The largest absolute Gasteiger partial charge is 0.0904 e. The van der Waals surface area contributed by atoms with E-state index in [-0.39, 0.29) is 0 Å². The monoisotopic (exact) mass is 111 g/mol. The second kappa shape index (κ2) is 1.68. The lowest BCUT2D eigenvalue weighted by Gasteiger charge is -2.16. The fourth-order valence-corrected chi connectivity index (χ4v) is 1.07. The van der Waals surface area contributed by atoms with Crippen LogP contribution in [0.1, 0.15) is 33.1 Å². The molecular weight excluding hydrogens is 96.1 g/mol. The van der Waals surface area contributed by atoms with Gasteiger partial charge >= 0.3 is 0 Å². The van der Waals surface area contributed by atoms with Gasteiger partial charge in [0.15, 0.2) is 0 Å². The molecule has 0 radical (unpaired) electrons. The van der Waals surface area contributed by atoms with E-state index in [4.69, 9.17) is 0 Å². The Bertz CT molecular complexity index is 78.0. The third-order valence-electron chi connectivity index (χ3n) is 2.33. The molecule has 0 bridgehead atoms. The van der Waals surface area contributed by atoms with Crippen LogP contribution >= 0.6 is 0 Å². The molecule has 8 heavy (non-hydrogen) atoms. The van der Waals surface area contributed by atoms with Gasteiger partial charge in [0.2, 0.25) is 0 Å². The van der Waals surface area contributed by atoms with Crippen LogP contribution in [0.5, 0.6) is 0 Å². The van der Waals surface area contributed by atoms with Gasteiger partial charge in [-0.25, -0.2) is 0 Å². The minimum absolute atomic E-state index is 0.542. The van der Waals surface area contributed by atoms with E-state index in [1.807, 2.05) is 0 Å². The summed E-state index contributed by atoms with van der Waals surface area (Å²) in [6.45, 7) is 8.55. The van der Waals surface area contributed by atoms with Gasteiger partial charge in [0.25, 0.3) is 0 Å². The Hall–Kier alpha value is -0.130. The number of rotatable bonds is 2. The lowest BCUT2D eigenvalue weighted by Crippen LogP contribution is -2.11. The minimum atomic E-state index is 0.542. The first-order valence-corrected chi connectivity index (χ1v) is 3.46. The van der Waals surface area contributed by atoms with Crippen LogP contribution in [0.3, 0.4) is 0 Å². The van der Waals surface area contributed by atoms with Crippen LogP contribution in [0, 0.1) is 18.3 Å². The average Bonchev–Trinajstić information content (AvgIpc) is 2.44. The Balaban J connectivity index is 2.37. The molecule has 1 aliphatic carbocycles. The van der Waals surface area contributed by atoms with Crippen molar-refractivity contribution in [1.29, 1.82) is 0 Å². The van der Waals surface area contributed by atoms with Crippen molar-refractivity contribution in [3.8, 4) is 0 Å². The van der Waals surface area contributed by atoms with Crippen LogP contribution in [0.2, 0.25) is 0 Å². The summed E-state index contributed by atoms with van der Waals surface area (Å²) in [7, 11) is 0. The maximum atomic E-state index is 3.92. The van der Waals surface area contributed by atoms with Gasteiger partial charge in [0.05, 0.1) is 13.3 Å². The van der Waals surface area contributed by atoms with E-state index < -0.39 is 0 Å². The fourth-order valence-electron chi connectivity index (χ4n) is 1.07. The second-order valence-corrected chi connectivity index (χ2v) is 3.51. The molecule has 0 heterocycles. The first kappa shape index (κ1) is 6.00. The summed E-state index contributed by atoms with van der Waals surface area (Å²) in [5, 5.41) is 0. The molecule has 0 aromatic heterocycles. The lowest BCUT2D eigenvalue weighted by atomic mass is 9.85. The van der Waals surface area contributed by atoms with Crippen molar-refractivity contribution >= 4 is 0 Å². The standard InChI is InChI=1S/C8H15/c1-4-8(2,3)7-5-6-7/h7H,1,4-6H2,2-3H3/q+1. The van der Waals surface area contributed by atoms with Gasteiger partial charge in [-0.15, -0.1) is 0 Å². The molecule has 0 saturated heterocycles. The van der Waals surface area contributed by atoms with Crippen LogP contribution in [-0.2, 0) is 0 Å². The molecule has 0 unspecified atom stereocenters. The molecule has 0 aliphatic heterocycles. The molecule has 0 heteroatoms. The highest BCUT2D eigenvalue weighted by Crippen LogP contribution is 2.46. The van der Waals surface area contributed by atoms with Gasteiger partial charge in [-0.05, 0) is 18.8 Å². The maximum Gasteiger partial charge on any atom is 0.0904 e. The highest BCUT2D eigenvalue weighted by molar-refractivity contribution is 4.88. The third-order valence-corrected chi connectivity index (χ3v) is 2.33. The highest BCUT2D eigenvalue weighted by atomic mass is 14.4. The smallest absolute Gasteiger partial charge is 0.0556 e. The van der Waals surface area contributed by atoms with E-state index in [1.54, 1.807) is 0 Å². The molecule has 1 fully saturated rings. The quantitative estimate of drug-likeness (QED) is 0.480. The normalized spacial score (nSPS) is 21.2. The summed E-state index contributed by atoms with van der Waals surface area (Å²) in [4.78, 5) is 0. The Morgan fingerprint density at radius 3 is 2.12 bits per heavy atom. The molecule has 1 rings (SSSR count). The molecule has 46 valence electrons. The first-order chi connectivity index (χ1) is 3.67. The summed E-state index contributed by atoms with van der Waals surface area (Å²) in [5.41, 5.74) is 0.542. The van der Waals surface area contributed by atoms with E-state index in [9.17, 15) is 0 Å². The summed E-state index contributed by atoms with van der Waals surface area (Å²) < 4.78 is 0. The van der Waals surface area contributed by atoms with Gasteiger partial charge in [-0.2, -0.15) is 0 Å². The molecular formula is C8H15+. The molecule has 0 atom stereocenters. The van der Waals surface area contributed by atoms with Gasteiger partial charge in [-0.3, -0.25) is 0 Å². The van der Waals surface area contributed by atoms with Crippen molar-refractivity contribution in [2.45, 2.75) is 33.1 Å². The molecule has 0 N–H and O–H groups in total. The topological polar surface area (TPSA) is 0 Å². The SMILES string of the molecule is [CH2+]CC(C)(C)C1CC1. The maximum absolute atomic E-state index is 3.92. The van der Waals surface area contributed by atoms with E-state index in [1.165, 1.54) is 12.8 Å². The fraction of sp³-hybridized carbons (Fsp3) is 0.875. The molecule has 1 aliphatic rings. The average molecular weight is 111 g/mol. The molecule has 0 aromatic carbocycles. The predicted molar refractivity (Wildman–Crippen MR) is 36.5 cm³/mol. The zero-order valence-corrected chi connectivity index (χ0v) is 5.91. The second-order valence-electron chi connectivity index (χ2n) is 3.51. The van der Waals surface area contributed by atoms with Crippen molar-refractivity contribution in [3.05, 3.63) is 6.92 Å². The van der Waals surface area contributed by atoms with Gasteiger partial charge in [0, 0.05) is 5.41 Å². The van der Waals surface area contributed by atoms with Crippen LogP contribution < -0.4 is 0 Å². The van der Waals surface area contributed by atoms with Crippen LogP contribution in [0.25, 0.3) is 0 Å². The van der Waals surface area contributed by atoms with Crippen molar-refractivity contribution in [2.75, 3.05) is 0 Å². The van der Waals surface area contributed by atoms with E-state index in [0.717, 1.165) is 12.3 Å². The third kappa shape index (κ3) is 0.988. The van der Waals surface area contributed by atoms with Crippen LogP contribution in [0.4, 0.5) is 0 Å². The van der Waals surface area contributed by atoms with Gasteiger partial charge in [-0.1, -0.05) is 13.8 Å². The van der Waals surface area contributed by atoms with Crippen molar-refractivity contribution in [1.82, 2.24) is 0 Å². The summed E-state index contributed by atoms with van der Waals surface area (Å²) in [5.74, 6) is 1.000. The van der Waals surface area contributed by atoms with E-state index in [0.29, 0.717) is 5.41 Å². The Labute approximate surface area is 52.3 Å².